The van der Waals surface area contributed by atoms with Gasteiger partial charge >= 0.3 is 5.63 Å². The van der Waals surface area contributed by atoms with Gasteiger partial charge < -0.3 is 14.3 Å². The standard InChI is InChI=1S/C28H23FN4O3S/c1-18(34)30-21-11-12-22-20(15-26(35)36-25(22)16-21)17-37-28-32-31-27(23-9-5-6-10-24(23)29)33(28)14-13-19-7-3-2-4-8-19/h2-12,15-16H,13-14,17H2,1H3,(H,30,34). The van der Waals surface area contributed by atoms with E-state index in [2.05, 4.69) is 15.5 Å². The van der Waals surface area contributed by atoms with Crippen LogP contribution in [0, 0.1) is 5.82 Å². The van der Waals surface area contributed by atoms with Crippen LogP contribution in [0.25, 0.3) is 22.4 Å². The number of nitrogens with zero attached hydrogens (tertiary/aromatic N) is 3. The number of hydrogen-bond donors (Lipinski definition) is 1. The molecule has 0 bridgehead atoms. The van der Waals surface area contributed by atoms with E-state index in [4.69, 9.17) is 4.42 Å². The number of aryl methyl sites for hydroxylation is 1. The number of benzene rings is 3. The van der Waals surface area contributed by atoms with Gasteiger partial charge in [-0.05, 0) is 41.8 Å². The first kappa shape index (κ1) is 24.5. The van der Waals surface area contributed by atoms with Crippen molar-refractivity contribution in [3.05, 3.63) is 106 Å². The Labute approximate surface area is 216 Å². The number of aromatic nitrogens is 3. The number of hydrogen-bond acceptors (Lipinski definition) is 6. The first-order valence-electron chi connectivity index (χ1n) is 11.7. The molecule has 1 amide bonds. The molecule has 7 nitrogen and oxygen atoms in total. The smallest absolute Gasteiger partial charge is 0.336 e. The maximum atomic E-state index is 14.7. The van der Waals surface area contributed by atoms with Gasteiger partial charge in [-0.15, -0.1) is 10.2 Å². The summed E-state index contributed by atoms with van der Waals surface area (Å²) in [6, 6.07) is 23.2. The molecule has 3 aromatic carbocycles. The van der Waals surface area contributed by atoms with E-state index >= 15 is 0 Å². The van der Waals surface area contributed by atoms with Crippen molar-refractivity contribution in [1.29, 1.82) is 0 Å². The molecule has 0 radical (unpaired) electrons. The molecule has 5 rings (SSSR count). The van der Waals surface area contributed by atoms with Crippen molar-refractivity contribution >= 4 is 34.3 Å². The highest BCUT2D eigenvalue weighted by molar-refractivity contribution is 7.98. The molecule has 0 atom stereocenters. The van der Waals surface area contributed by atoms with Crippen LogP contribution in [0.2, 0.25) is 0 Å². The molecule has 186 valence electrons. The van der Waals surface area contributed by atoms with Crippen LogP contribution in [-0.2, 0) is 23.5 Å². The zero-order chi connectivity index (χ0) is 25.8. The van der Waals surface area contributed by atoms with Crippen LogP contribution in [0.3, 0.4) is 0 Å². The third kappa shape index (κ3) is 5.62. The number of nitrogens with one attached hydrogen (secondary N) is 1. The van der Waals surface area contributed by atoms with Gasteiger partial charge in [0.25, 0.3) is 0 Å². The lowest BCUT2D eigenvalue weighted by atomic mass is 10.1. The minimum Gasteiger partial charge on any atom is -0.423 e. The quantitative estimate of drug-likeness (QED) is 0.212. The molecule has 0 saturated heterocycles. The van der Waals surface area contributed by atoms with E-state index in [1.54, 1.807) is 30.3 Å². The number of amides is 1. The topological polar surface area (TPSA) is 90.0 Å². The van der Waals surface area contributed by atoms with Crippen molar-refractivity contribution in [2.24, 2.45) is 0 Å². The van der Waals surface area contributed by atoms with Crippen molar-refractivity contribution in [2.75, 3.05) is 5.32 Å². The molecule has 37 heavy (non-hydrogen) atoms. The largest absolute Gasteiger partial charge is 0.423 e. The molecule has 9 heteroatoms. The average Bonchev–Trinajstić information content (AvgIpc) is 3.28. The Morgan fingerprint density at radius 2 is 1.81 bits per heavy atom. The van der Waals surface area contributed by atoms with Gasteiger partial charge in [-0.2, -0.15) is 0 Å². The summed E-state index contributed by atoms with van der Waals surface area (Å²) in [6.07, 6.45) is 0.720. The van der Waals surface area contributed by atoms with Crippen LogP contribution in [0.15, 0.2) is 93.2 Å². The zero-order valence-corrected chi connectivity index (χ0v) is 20.8. The molecule has 0 aliphatic carbocycles. The van der Waals surface area contributed by atoms with Crippen LogP contribution in [0.4, 0.5) is 10.1 Å². The molecule has 0 fully saturated rings. The molecule has 2 aromatic heterocycles. The van der Waals surface area contributed by atoms with Gasteiger partial charge in [0.05, 0.1) is 5.56 Å². The lowest BCUT2D eigenvalue weighted by Crippen LogP contribution is -2.07. The van der Waals surface area contributed by atoms with Crippen molar-refractivity contribution in [2.45, 2.75) is 30.8 Å². The summed E-state index contributed by atoms with van der Waals surface area (Å²) in [7, 11) is 0. The third-order valence-electron chi connectivity index (χ3n) is 5.81. The van der Waals surface area contributed by atoms with E-state index in [-0.39, 0.29) is 11.7 Å². The molecule has 1 N–H and O–H groups in total. The summed E-state index contributed by atoms with van der Waals surface area (Å²) in [5.74, 6) is 0.291. The van der Waals surface area contributed by atoms with Crippen LogP contribution in [0.5, 0.6) is 0 Å². The van der Waals surface area contributed by atoms with Crippen molar-refractivity contribution < 1.29 is 13.6 Å². The number of rotatable bonds is 8. The Kier molecular flexibility index (Phi) is 7.14. The lowest BCUT2D eigenvalue weighted by Gasteiger charge is -2.12. The summed E-state index contributed by atoms with van der Waals surface area (Å²) < 4.78 is 21.9. The van der Waals surface area contributed by atoms with Gasteiger partial charge in [-0.25, -0.2) is 9.18 Å². The molecular weight excluding hydrogens is 491 g/mol. The van der Waals surface area contributed by atoms with E-state index in [1.807, 2.05) is 41.0 Å². The molecule has 0 spiro atoms. The molecule has 2 heterocycles. The van der Waals surface area contributed by atoms with Gasteiger partial charge in [0.1, 0.15) is 11.4 Å². The van der Waals surface area contributed by atoms with Crippen LogP contribution < -0.4 is 10.9 Å². The fourth-order valence-electron chi connectivity index (χ4n) is 4.10. The Morgan fingerprint density at radius 3 is 2.59 bits per heavy atom. The van der Waals surface area contributed by atoms with E-state index in [1.165, 1.54) is 30.8 Å². The number of fused-ring (bicyclic) bond motifs is 1. The second-order valence-electron chi connectivity index (χ2n) is 8.44. The number of halogens is 1. The predicted octanol–water partition coefficient (Wildman–Crippen LogP) is 5.68. The fraction of sp³-hybridized carbons (Fsp3) is 0.143. The number of carbonyl (C=O) groups is 1. The SMILES string of the molecule is CC(=O)Nc1ccc2c(CSc3nnc(-c4ccccc4F)n3CCc3ccccc3)cc(=O)oc2c1. The summed E-state index contributed by atoms with van der Waals surface area (Å²) in [5.41, 5.74) is 2.73. The van der Waals surface area contributed by atoms with Crippen molar-refractivity contribution in [1.82, 2.24) is 14.8 Å². The number of carbonyl (C=O) groups excluding carboxylic acids is 1. The summed E-state index contributed by atoms with van der Waals surface area (Å²) in [5, 5.41) is 12.8. The minimum absolute atomic E-state index is 0.214. The summed E-state index contributed by atoms with van der Waals surface area (Å²) in [4.78, 5) is 23.7. The van der Waals surface area contributed by atoms with E-state index < -0.39 is 5.63 Å². The van der Waals surface area contributed by atoms with Crippen molar-refractivity contribution in [3.63, 3.8) is 0 Å². The fourth-order valence-corrected chi connectivity index (χ4v) is 5.05. The average molecular weight is 515 g/mol. The van der Waals surface area contributed by atoms with E-state index in [9.17, 15) is 14.0 Å². The molecular formula is C28H23FN4O3S. The summed E-state index contributed by atoms with van der Waals surface area (Å²) in [6.45, 7) is 1.97. The molecule has 5 aromatic rings. The van der Waals surface area contributed by atoms with E-state index in [0.29, 0.717) is 40.1 Å². The van der Waals surface area contributed by atoms with Crippen LogP contribution in [-0.4, -0.2) is 20.7 Å². The molecule has 0 aliphatic rings. The monoisotopic (exact) mass is 514 g/mol. The first-order valence-corrected chi connectivity index (χ1v) is 12.7. The molecule has 0 saturated carbocycles. The maximum Gasteiger partial charge on any atom is 0.336 e. The molecule has 0 aliphatic heterocycles. The molecule has 0 unspecified atom stereocenters. The van der Waals surface area contributed by atoms with Gasteiger partial charge in [0.2, 0.25) is 5.91 Å². The van der Waals surface area contributed by atoms with Gasteiger partial charge in [-0.3, -0.25) is 4.79 Å². The predicted molar refractivity (Wildman–Crippen MR) is 142 cm³/mol. The van der Waals surface area contributed by atoms with Crippen LogP contribution in [0.1, 0.15) is 18.1 Å². The van der Waals surface area contributed by atoms with Gasteiger partial charge in [0.15, 0.2) is 11.0 Å². The second kappa shape index (κ2) is 10.8. The lowest BCUT2D eigenvalue weighted by molar-refractivity contribution is -0.114. The van der Waals surface area contributed by atoms with Crippen LogP contribution >= 0.6 is 11.8 Å². The Balaban J connectivity index is 1.46. The van der Waals surface area contributed by atoms with E-state index in [0.717, 1.165) is 22.9 Å². The highest BCUT2D eigenvalue weighted by atomic mass is 32.2. The number of thioether (sulfide) groups is 1. The Bertz CT molecular complexity index is 1630. The highest BCUT2D eigenvalue weighted by Gasteiger charge is 2.18. The highest BCUT2D eigenvalue weighted by Crippen LogP contribution is 2.30. The zero-order valence-electron chi connectivity index (χ0n) is 20.0. The Hall–Kier alpha value is -4.24. The summed E-state index contributed by atoms with van der Waals surface area (Å²) >= 11 is 1.41. The minimum atomic E-state index is -0.485. The third-order valence-corrected chi connectivity index (χ3v) is 6.82. The van der Waals surface area contributed by atoms with Crippen molar-refractivity contribution in [3.8, 4) is 11.4 Å². The first-order chi connectivity index (χ1) is 18.0. The normalized spacial score (nSPS) is 11.1. The maximum absolute atomic E-state index is 14.7. The second-order valence-corrected chi connectivity index (χ2v) is 9.39. The van der Waals surface area contributed by atoms with Gasteiger partial charge in [-0.1, -0.05) is 54.2 Å². The van der Waals surface area contributed by atoms with Gasteiger partial charge in [0, 0.05) is 42.4 Å². The number of anilines is 1. The Morgan fingerprint density at radius 1 is 1.03 bits per heavy atom.